The molecule has 0 aromatic carbocycles. The van der Waals surface area contributed by atoms with E-state index in [9.17, 15) is 4.79 Å². The van der Waals surface area contributed by atoms with Crippen molar-refractivity contribution < 1.29 is 9.90 Å². The molecular formula is C9H6N4O2. The van der Waals surface area contributed by atoms with Gasteiger partial charge in [-0.2, -0.15) is 0 Å². The molecule has 0 unspecified atom stereocenters. The average molecular weight is 202 g/mol. The van der Waals surface area contributed by atoms with Crippen LogP contribution in [0.4, 0.5) is 10.6 Å². The molecule has 0 aliphatic rings. The molecular weight excluding hydrogens is 196 g/mol. The third-order valence-corrected chi connectivity index (χ3v) is 1.97. The number of fused-ring (bicyclic) bond motifs is 1. The van der Waals surface area contributed by atoms with E-state index >= 15 is 0 Å². The number of terminal acetylenes is 1. The van der Waals surface area contributed by atoms with Crippen molar-refractivity contribution in [3.8, 4) is 12.3 Å². The first-order valence-electron chi connectivity index (χ1n) is 3.96. The van der Waals surface area contributed by atoms with E-state index in [1.54, 1.807) is 0 Å². The molecule has 2 aromatic rings. The molecule has 0 saturated carbocycles. The number of carbonyl (C=O) groups is 1. The summed E-state index contributed by atoms with van der Waals surface area (Å²) in [6, 6.07) is 0. The third-order valence-electron chi connectivity index (χ3n) is 1.97. The highest BCUT2D eigenvalue weighted by Gasteiger charge is 2.15. The van der Waals surface area contributed by atoms with Gasteiger partial charge in [0.25, 0.3) is 0 Å². The predicted octanol–water partition coefficient (Wildman–Crippen LogP) is 0.521. The van der Waals surface area contributed by atoms with Crippen molar-refractivity contribution in [3.63, 3.8) is 0 Å². The molecule has 2 heterocycles. The zero-order valence-corrected chi connectivity index (χ0v) is 7.51. The highest BCUT2D eigenvalue weighted by Crippen LogP contribution is 2.22. The smallest absolute Gasteiger partial charge is 0.417 e. The van der Waals surface area contributed by atoms with Gasteiger partial charge >= 0.3 is 6.09 Å². The maximum Gasteiger partial charge on any atom is 0.417 e. The summed E-state index contributed by atoms with van der Waals surface area (Å²) in [7, 11) is 0. The van der Waals surface area contributed by atoms with Crippen LogP contribution in [0.15, 0.2) is 12.5 Å². The minimum Gasteiger partial charge on any atom is -0.464 e. The molecule has 3 N–H and O–H groups in total. The number of hydrogen-bond donors (Lipinski definition) is 2. The second-order valence-corrected chi connectivity index (χ2v) is 2.80. The van der Waals surface area contributed by atoms with Gasteiger partial charge in [0.2, 0.25) is 0 Å². The Morgan fingerprint density at radius 2 is 2.33 bits per heavy atom. The Balaban J connectivity index is 2.95. The van der Waals surface area contributed by atoms with E-state index in [0.29, 0.717) is 10.9 Å². The fourth-order valence-corrected chi connectivity index (χ4v) is 1.34. The lowest BCUT2D eigenvalue weighted by Crippen LogP contribution is -2.07. The lowest BCUT2D eigenvalue weighted by Gasteiger charge is -1.96. The Morgan fingerprint density at radius 1 is 1.60 bits per heavy atom. The number of anilines is 1. The van der Waals surface area contributed by atoms with Crippen molar-refractivity contribution in [2.75, 3.05) is 5.73 Å². The first-order chi connectivity index (χ1) is 7.15. The normalized spacial score (nSPS) is 10.1. The Labute approximate surface area is 84.4 Å². The number of nitrogen functional groups attached to an aromatic ring is 1. The molecule has 0 atom stereocenters. The average Bonchev–Trinajstić information content (AvgIpc) is 2.58. The molecule has 6 heteroatoms. The molecule has 0 aliphatic heterocycles. The summed E-state index contributed by atoms with van der Waals surface area (Å²) in [5.41, 5.74) is 6.16. The summed E-state index contributed by atoms with van der Waals surface area (Å²) in [4.78, 5) is 18.4. The highest BCUT2D eigenvalue weighted by molar-refractivity contribution is 5.96. The molecule has 0 fully saturated rings. The van der Waals surface area contributed by atoms with Crippen LogP contribution in [0.2, 0.25) is 0 Å². The zero-order valence-electron chi connectivity index (χ0n) is 7.51. The van der Waals surface area contributed by atoms with Gasteiger partial charge in [0.05, 0.1) is 10.9 Å². The van der Waals surface area contributed by atoms with Gasteiger partial charge in [-0.25, -0.2) is 19.3 Å². The number of rotatable bonds is 0. The van der Waals surface area contributed by atoms with Crippen LogP contribution >= 0.6 is 0 Å². The van der Waals surface area contributed by atoms with Crippen LogP contribution in [-0.4, -0.2) is 25.7 Å². The largest absolute Gasteiger partial charge is 0.464 e. The standard InChI is InChI=1S/C9H6N4O2/c1-2-5-3-13(9(14)15)8-6(5)7(10)11-4-12-8/h1,3-4H,(H,14,15)(H2,10,11,12). The lowest BCUT2D eigenvalue weighted by atomic mass is 10.2. The van der Waals surface area contributed by atoms with Crippen LogP contribution in [0.5, 0.6) is 0 Å². The van der Waals surface area contributed by atoms with Crippen molar-refractivity contribution in [1.82, 2.24) is 14.5 Å². The van der Waals surface area contributed by atoms with Gasteiger partial charge in [0, 0.05) is 6.20 Å². The molecule has 0 radical (unpaired) electrons. The molecule has 6 nitrogen and oxygen atoms in total. The maximum atomic E-state index is 10.8. The third kappa shape index (κ3) is 1.18. The Morgan fingerprint density at radius 3 is 2.93 bits per heavy atom. The Kier molecular flexibility index (Phi) is 1.80. The minimum atomic E-state index is -1.17. The quantitative estimate of drug-likeness (QED) is 0.607. The molecule has 0 amide bonds. The van der Waals surface area contributed by atoms with E-state index in [2.05, 4.69) is 15.9 Å². The second-order valence-electron chi connectivity index (χ2n) is 2.80. The van der Waals surface area contributed by atoms with E-state index in [4.69, 9.17) is 17.3 Å². The van der Waals surface area contributed by atoms with Gasteiger partial charge in [0.1, 0.15) is 12.1 Å². The maximum absolute atomic E-state index is 10.8. The van der Waals surface area contributed by atoms with E-state index < -0.39 is 6.09 Å². The number of hydrogen-bond acceptors (Lipinski definition) is 4. The van der Waals surface area contributed by atoms with Crippen LogP contribution in [0, 0.1) is 12.3 Å². The summed E-state index contributed by atoms with van der Waals surface area (Å²) in [5.74, 6) is 2.52. The van der Waals surface area contributed by atoms with Crippen LogP contribution in [0.25, 0.3) is 11.0 Å². The van der Waals surface area contributed by atoms with Crippen molar-refractivity contribution >= 4 is 22.9 Å². The zero-order chi connectivity index (χ0) is 11.0. The number of nitrogens with zero attached hydrogens (tertiary/aromatic N) is 3. The van der Waals surface area contributed by atoms with E-state index in [0.717, 1.165) is 4.57 Å². The monoisotopic (exact) mass is 202 g/mol. The first kappa shape index (κ1) is 9.02. The second kappa shape index (κ2) is 2.99. The van der Waals surface area contributed by atoms with Gasteiger partial charge in [-0.05, 0) is 0 Å². The van der Waals surface area contributed by atoms with Gasteiger partial charge < -0.3 is 10.8 Å². The van der Waals surface area contributed by atoms with Crippen LogP contribution in [0.3, 0.4) is 0 Å². The molecule has 0 spiro atoms. The number of aromatic nitrogens is 3. The van der Waals surface area contributed by atoms with Gasteiger partial charge in [0.15, 0.2) is 5.65 Å². The SMILES string of the molecule is C#Cc1cn(C(=O)O)c2ncnc(N)c12. The fraction of sp³-hybridized carbons (Fsp3) is 0. The highest BCUT2D eigenvalue weighted by atomic mass is 16.4. The van der Waals surface area contributed by atoms with E-state index in [1.165, 1.54) is 12.5 Å². The van der Waals surface area contributed by atoms with E-state index in [-0.39, 0.29) is 11.5 Å². The van der Waals surface area contributed by atoms with E-state index in [1.807, 2.05) is 0 Å². The molecule has 2 rings (SSSR count). The van der Waals surface area contributed by atoms with Crippen molar-refractivity contribution in [1.29, 1.82) is 0 Å². The van der Waals surface area contributed by atoms with Crippen LogP contribution in [-0.2, 0) is 0 Å². The number of carboxylic acid groups (broad SMARTS) is 1. The summed E-state index contributed by atoms with van der Waals surface area (Å²) >= 11 is 0. The van der Waals surface area contributed by atoms with Gasteiger partial charge in [-0.3, -0.25) is 0 Å². The molecule has 0 bridgehead atoms. The summed E-state index contributed by atoms with van der Waals surface area (Å²) < 4.78 is 0.919. The Bertz CT molecular complexity index is 594. The van der Waals surface area contributed by atoms with Crippen molar-refractivity contribution in [3.05, 3.63) is 18.1 Å². The van der Waals surface area contributed by atoms with Crippen molar-refractivity contribution in [2.45, 2.75) is 0 Å². The summed E-state index contributed by atoms with van der Waals surface area (Å²) in [5, 5.41) is 9.27. The van der Waals surface area contributed by atoms with Gasteiger partial charge in [-0.15, -0.1) is 6.42 Å². The minimum absolute atomic E-state index is 0.174. The fourth-order valence-electron chi connectivity index (χ4n) is 1.34. The lowest BCUT2D eigenvalue weighted by molar-refractivity contribution is 0.197. The molecule has 0 saturated heterocycles. The molecule has 74 valence electrons. The topological polar surface area (TPSA) is 94.0 Å². The van der Waals surface area contributed by atoms with Crippen LogP contribution < -0.4 is 5.73 Å². The molecule has 2 aromatic heterocycles. The summed E-state index contributed by atoms with van der Waals surface area (Å²) in [6.45, 7) is 0. The van der Waals surface area contributed by atoms with Crippen LogP contribution in [0.1, 0.15) is 5.56 Å². The first-order valence-corrected chi connectivity index (χ1v) is 3.96. The molecule has 15 heavy (non-hydrogen) atoms. The Hall–Kier alpha value is -2.55. The van der Waals surface area contributed by atoms with Crippen molar-refractivity contribution in [2.24, 2.45) is 0 Å². The predicted molar refractivity (Wildman–Crippen MR) is 53.3 cm³/mol. The summed E-state index contributed by atoms with van der Waals surface area (Å²) in [6.07, 6.45) is 6.55. The number of nitrogens with two attached hydrogens (primary N) is 1. The molecule has 0 aliphatic carbocycles. The van der Waals surface area contributed by atoms with Gasteiger partial charge in [-0.1, -0.05) is 5.92 Å².